The van der Waals surface area contributed by atoms with Crippen LogP contribution in [-0.2, 0) is 4.79 Å². The van der Waals surface area contributed by atoms with Gasteiger partial charge in [0.15, 0.2) is 6.29 Å². The maximum Gasteiger partial charge on any atom is 0.157 e. The number of hydrogen-bond acceptors (Lipinski definition) is 1. The van der Waals surface area contributed by atoms with E-state index in [1.807, 2.05) is 12.1 Å². The van der Waals surface area contributed by atoms with Crippen LogP contribution in [0.25, 0.3) is 6.08 Å². The Morgan fingerprint density at radius 3 is 2.69 bits per heavy atom. The van der Waals surface area contributed by atoms with Crippen molar-refractivity contribution >= 4 is 55.8 Å². The molecule has 68 valence electrons. The molecule has 0 aliphatic rings. The van der Waals surface area contributed by atoms with Gasteiger partial charge in [-0.15, -0.1) is 0 Å². The molecule has 0 saturated heterocycles. The molecule has 0 unspecified atom stereocenters. The number of carbonyl (C=O) groups excluding carboxylic acids is 1. The Balaban J connectivity index is 3.04. The van der Waals surface area contributed by atoms with Gasteiger partial charge in [-0.2, -0.15) is 0 Å². The molecule has 0 aliphatic heterocycles. The van der Waals surface area contributed by atoms with E-state index in [0.717, 1.165) is 16.3 Å². The SMILES string of the molecule is O=CC(Br)=Cc1ccc(Br)c(Cl)c1. The Bertz CT molecular complexity index is 361. The van der Waals surface area contributed by atoms with Crippen LogP contribution in [0.1, 0.15) is 5.56 Å². The third-order valence-electron chi connectivity index (χ3n) is 1.36. The van der Waals surface area contributed by atoms with Gasteiger partial charge in [0.2, 0.25) is 0 Å². The molecule has 0 N–H and O–H groups in total. The Morgan fingerprint density at radius 1 is 1.46 bits per heavy atom. The van der Waals surface area contributed by atoms with Gasteiger partial charge in [0.05, 0.1) is 9.51 Å². The fourth-order valence-corrected chi connectivity index (χ4v) is 1.50. The Kier molecular flexibility index (Phi) is 4.16. The number of aldehydes is 1. The second-order valence-corrected chi connectivity index (χ2v) is 4.50. The fraction of sp³-hybridized carbons (Fsp3) is 0. The minimum absolute atomic E-state index is 0.492. The molecule has 1 aromatic carbocycles. The summed E-state index contributed by atoms with van der Waals surface area (Å²) in [6, 6.07) is 5.47. The first-order valence-corrected chi connectivity index (χ1v) is 5.37. The molecule has 13 heavy (non-hydrogen) atoms. The predicted molar refractivity (Wildman–Crippen MR) is 62.1 cm³/mol. The van der Waals surface area contributed by atoms with Crippen LogP contribution < -0.4 is 0 Å². The molecule has 0 saturated carbocycles. The topological polar surface area (TPSA) is 17.1 Å². The second kappa shape index (κ2) is 4.94. The van der Waals surface area contributed by atoms with Gasteiger partial charge in [-0.1, -0.05) is 17.7 Å². The summed E-state index contributed by atoms with van der Waals surface area (Å²) in [6.45, 7) is 0. The molecular weight excluding hydrogens is 319 g/mol. The molecule has 0 aliphatic carbocycles. The van der Waals surface area contributed by atoms with Crippen LogP contribution in [0.2, 0.25) is 5.02 Å². The second-order valence-electron chi connectivity index (χ2n) is 2.32. The number of hydrogen-bond donors (Lipinski definition) is 0. The highest BCUT2D eigenvalue weighted by Gasteiger charge is 1.97. The molecular formula is C9H5Br2ClO. The first-order valence-electron chi connectivity index (χ1n) is 3.41. The maximum atomic E-state index is 10.3. The van der Waals surface area contributed by atoms with Crippen molar-refractivity contribution in [3.63, 3.8) is 0 Å². The van der Waals surface area contributed by atoms with Crippen molar-refractivity contribution in [3.8, 4) is 0 Å². The lowest BCUT2D eigenvalue weighted by Crippen LogP contribution is -1.76. The molecule has 0 heterocycles. The summed E-state index contributed by atoms with van der Waals surface area (Å²) >= 11 is 12.2. The fourth-order valence-electron chi connectivity index (χ4n) is 0.795. The van der Waals surface area contributed by atoms with Gasteiger partial charge < -0.3 is 0 Å². The normalized spacial score (nSPS) is 11.5. The first kappa shape index (κ1) is 11.0. The third-order valence-corrected chi connectivity index (χ3v) is 3.01. The van der Waals surface area contributed by atoms with Crippen LogP contribution in [0.3, 0.4) is 0 Å². The zero-order valence-corrected chi connectivity index (χ0v) is 10.4. The van der Waals surface area contributed by atoms with Crippen molar-refractivity contribution in [2.45, 2.75) is 0 Å². The predicted octanol–water partition coefficient (Wildman–Crippen LogP) is 4.04. The molecule has 0 radical (unpaired) electrons. The summed E-state index contributed by atoms with van der Waals surface area (Å²) in [5, 5.41) is 0.625. The van der Waals surface area contributed by atoms with E-state index in [2.05, 4.69) is 31.9 Å². The minimum atomic E-state index is 0.492. The molecule has 1 aromatic rings. The van der Waals surface area contributed by atoms with Crippen molar-refractivity contribution in [3.05, 3.63) is 37.7 Å². The summed E-state index contributed by atoms with van der Waals surface area (Å²) in [5.74, 6) is 0. The van der Waals surface area contributed by atoms with E-state index in [0.29, 0.717) is 9.51 Å². The van der Waals surface area contributed by atoms with Crippen molar-refractivity contribution in [2.24, 2.45) is 0 Å². The summed E-state index contributed by atoms with van der Waals surface area (Å²) in [4.78, 5) is 10.3. The lowest BCUT2D eigenvalue weighted by atomic mass is 10.2. The van der Waals surface area contributed by atoms with E-state index < -0.39 is 0 Å². The molecule has 0 spiro atoms. The average Bonchev–Trinajstić information content (AvgIpc) is 2.11. The van der Waals surface area contributed by atoms with Crippen LogP contribution in [0, 0.1) is 0 Å². The van der Waals surface area contributed by atoms with Gasteiger partial charge in [-0.25, -0.2) is 0 Å². The summed E-state index contributed by atoms with van der Waals surface area (Å²) in [7, 11) is 0. The minimum Gasteiger partial charge on any atom is -0.297 e. The van der Waals surface area contributed by atoms with Gasteiger partial charge >= 0.3 is 0 Å². The maximum absolute atomic E-state index is 10.3. The zero-order valence-electron chi connectivity index (χ0n) is 6.43. The van der Waals surface area contributed by atoms with Crippen molar-refractivity contribution in [2.75, 3.05) is 0 Å². The molecule has 4 heteroatoms. The quantitative estimate of drug-likeness (QED) is 0.593. The van der Waals surface area contributed by atoms with E-state index in [1.165, 1.54) is 0 Å². The number of benzene rings is 1. The van der Waals surface area contributed by atoms with Gasteiger partial charge in [-0.05, 0) is 55.6 Å². The molecule has 0 atom stereocenters. The highest BCUT2D eigenvalue weighted by molar-refractivity contribution is 9.12. The number of allylic oxidation sites excluding steroid dienone is 1. The van der Waals surface area contributed by atoms with Crippen LogP contribution >= 0.6 is 43.5 Å². The summed E-state index contributed by atoms with van der Waals surface area (Å²) in [6.07, 6.45) is 2.43. The van der Waals surface area contributed by atoms with Crippen molar-refractivity contribution in [1.82, 2.24) is 0 Å². The van der Waals surface area contributed by atoms with E-state index in [-0.39, 0.29) is 0 Å². The monoisotopic (exact) mass is 322 g/mol. The van der Waals surface area contributed by atoms with Gasteiger partial charge in [-0.3, -0.25) is 4.79 Å². The molecule has 1 nitrogen and oxygen atoms in total. The van der Waals surface area contributed by atoms with Crippen molar-refractivity contribution < 1.29 is 4.79 Å². The van der Waals surface area contributed by atoms with Crippen LogP contribution in [-0.4, -0.2) is 6.29 Å². The first-order chi connectivity index (χ1) is 6.13. The number of halogens is 3. The Hall–Kier alpha value is -0.120. The lowest BCUT2D eigenvalue weighted by molar-refractivity contribution is -0.104. The smallest absolute Gasteiger partial charge is 0.157 e. The molecule has 0 fully saturated rings. The van der Waals surface area contributed by atoms with Crippen LogP contribution in [0.15, 0.2) is 27.2 Å². The molecule has 0 bridgehead atoms. The van der Waals surface area contributed by atoms with E-state index in [4.69, 9.17) is 11.6 Å². The van der Waals surface area contributed by atoms with Gasteiger partial charge in [0, 0.05) is 4.47 Å². The number of rotatable bonds is 2. The molecule has 0 aromatic heterocycles. The highest BCUT2D eigenvalue weighted by atomic mass is 79.9. The Morgan fingerprint density at radius 2 is 2.15 bits per heavy atom. The van der Waals surface area contributed by atoms with Gasteiger partial charge in [0.1, 0.15) is 0 Å². The summed E-state index contributed by atoms with van der Waals surface area (Å²) < 4.78 is 1.33. The van der Waals surface area contributed by atoms with E-state index in [1.54, 1.807) is 12.1 Å². The van der Waals surface area contributed by atoms with Gasteiger partial charge in [0.25, 0.3) is 0 Å². The van der Waals surface area contributed by atoms with Crippen LogP contribution in [0.5, 0.6) is 0 Å². The van der Waals surface area contributed by atoms with E-state index >= 15 is 0 Å². The largest absolute Gasteiger partial charge is 0.297 e. The molecule has 1 rings (SSSR count). The summed E-state index contributed by atoms with van der Waals surface area (Å²) in [5.41, 5.74) is 0.882. The standard InChI is InChI=1S/C9H5Br2ClO/c10-7(5-13)3-6-1-2-8(11)9(12)4-6/h1-5H. The van der Waals surface area contributed by atoms with Crippen LogP contribution in [0.4, 0.5) is 0 Å². The molecule has 0 amide bonds. The highest BCUT2D eigenvalue weighted by Crippen LogP contribution is 2.24. The number of carbonyl (C=O) groups is 1. The third kappa shape index (κ3) is 3.25. The van der Waals surface area contributed by atoms with Crippen molar-refractivity contribution in [1.29, 1.82) is 0 Å². The lowest BCUT2D eigenvalue weighted by Gasteiger charge is -1.97. The Labute approximate surface area is 98.0 Å². The average molecular weight is 324 g/mol. The van der Waals surface area contributed by atoms with E-state index in [9.17, 15) is 4.79 Å². The zero-order chi connectivity index (χ0) is 9.84.